The number of amides is 2. The van der Waals surface area contributed by atoms with Gasteiger partial charge in [0.15, 0.2) is 0 Å². The number of nitrogens with one attached hydrogen (secondary N) is 3. The van der Waals surface area contributed by atoms with Crippen LogP contribution in [0.5, 0.6) is 0 Å². The van der Waals surface area contributed by atoms with Crippen molar-refractivity contribution in [3.63, 3.8) is 0 Å². The lowest BCUT2D eigenvalue weighted by atomic mass is 9.53. The first-order valence-corrected chi connectivity index (χ1v) is 8.42. The molecule has 4 saturated carbocycles. The molecule has 21 heavy (non-hydrogen) atoms. The Bertz CT molecular complexity index is 399. The van der Waals surface area contributed by atoms with Crippen molar-refractivity contribution in [3.05, 3.63) is 0 Å². The maximum absolute atomic E-state index is 12.3. The molecule has 1 atom stereocenters. The lowest BCUT2D eigenvalue weighted by molar-refractivity contribution is -0.0135. The van der Waals surface area contributed by atoms with E-state index in [2.05, 4.69) is 10.6 Å². The average molecular weight is 292 g/mol. The highest BCUT2D eigenvalue weighted by Crippen LogP contribution is 2.55. The third-order valence-corrected chi connectivity index (χ3v) is 5.68. The van der Waals surface area contributed by atoms with Crippen molar-refractivity contribution in [2.45, 2.75) is 69.9 Å². The molecule has 0 heterocycles. The monoisotopic (exact) mass is 292 g/mol. The number of carbonyl (C=O) groups is 1. The zero-order chi connectivity index (χ0) is 15.0. The molecule has 4 aliphatic rings. The fraction of sp³-hybridized carbons (Fsp3) is 0.875. The van der Waals surface area contributed by atoms with Crippen molar-refractivity contribution in [3.8, 4) is 0 Å². The molecule has 0 spiro atoms. The van der Waals surface area contributed by atoms with Crippen LogP contribution in [0.3, 0.4) is 0 Å². The third-order valence-electron chi connectivity index (χ3n) is 5.68. The van der Waals surface area contributed by atoms with E-state index in [4.69, 9.17) is 11.1 Å². The van der Waals surface area contributed by atoms with Gasteiger partial charge in [-0.05, 0) is 62.7 Å². The minimum absolute atomic E-state index is 0.0202. The molecule has 5 heteroatoms. The Hall–Kier alpha value is -1.26. The van der Waals surface area contributed by atoms with Gasteiger partial charge in [0.05, 0.1) is 6.04 Å². The van der Waals surface area contributed by atoms with Crippen LogP contribution in [0.25, 0.3) is 0 Å². The molecule has 0 radical (unpaired) electrons. The summed E-state index contributed by atoms with van der Waals surface area (Å²) in [6.45, 7) is 2.04. The van der Waals surface area contributed by atoms with Crippen LogP contribution < -0.4 is 16.4 Å². The Morgan fingerprint density at radius 2 is 1.76 bits per heavy atom. The summed E-state index contributed by atoms with van der Waals surface area (Å²) >= 11 is 0. The van der Waals surface area contributed by atoms with E-state index in [0.29, 0.717) is 0 Å². The maximum Gasteiger partial charge on any atom is 0.315 e. The Morgan fingerprint density at radius 1 is 1.24 bits per heavy atom. The van der Waals surface area contributed by atoms with E-state index in [9.17, 15) is 4.79 Å². The molecule has 0 aromatic rings. The molecule has 5 N–H and O–H groups in total. The second-order valence-corrected chi connectivity index (χ2v) is 7.59. The van der Waals surface area contributed by atoms with Gasteiger partial charge in [-0.2, -0.15) is 0 Å². The van der Waals surface area contributed by atoms with Gasteiger partial charge in [-0.1, -0.05) is 13.3 Å². The number of hydrogen-bond acceptors (Lipinski definition) is 2. The number of carbonyl (C=O) groups excluding carboxylic acids is 1. The van der Waals surface area contributed by atoms with E-state index in [1.165, 1.54) is 19.3 Å². The van der Waals surface area contributed by atoms with Crippen LogP contribution in [0.1, 0.15) is 58.3 Å². The smallest absolute Gasteiger partial charge is 0.315 e. The highest BCUT2D eigenvalue weighted by molar-refractivity contribution is 5.87. The molecule has 0 saturated heterocycles. The molecule has 4 rings (SSSR count). The van der Waals surface area contributed by atoms with Gasteiger partial charge in [0.1, 0.15) is 5.84 Å². The fourth-order valence-electron chi connectivity index (χ4n) is 5.29. The lowest BCUT2D eigenvalue weighted by Gasteiger charge is -2.56. The molecular formula is C16H28N4O. The van der Waals surface area contributed by atoms with E-state index in [1.54, 1.807) is 0 Å². The molecule has 5 nitrogen and oxygen atoms in total. The maximum atomic E-state index is 12.3. The first kappa shape index (κ1) is 14.7. The number of urea groups is 1. The van der Waals surface area contributed by atoms with Crippen LogP contribution in [0.15, 0.2) is 0 Å². The van der Waals surface area contributed by atoms with Crippen molar-refractivity contribution in [1.29, 1.82) is 5.41 Å². The van der Waals surface area contributed by atoms with Crippen molar-refractivity contribution >= 4 is 11.9 Å². The van der Waals surface area contributed by atoms with Crippen LogP contribution in [-0.2, 0) is 0 Å². The van der Waals surface area contributed by atoms with Crippen molar-refractivity contribution in [2.24, 2.45) is 23.5 Å². The second kappa shape index (κ2) is 5.50. The fourth-order valence-corrected chi connectivity index (χ4v) is 5.29. The van der Waals surface area contributed by atoms with Crippen LogP contribution in [0, 0.1) is 23.2 Å². The van der Waals surface area contributed by atoms with Gasteiger partial charge in [-0.15, -0.1) is 0 Å². The van der Waals surface area contributed by atoms with Gasteiger partial charge in [0.2, 0.25) is 0 Å². The van der Waals surface area contributed by atoms with Gasteiger partial charge >= 0.3 is 6.03 Å². The Morgan fingerprint density at radius 3 is 2.19 bits per heavy atom. The summed E-state index contributed by atoms with van der Waals surface area (Å²) in [6.07, 6.45) is 9.17. The van der Waals surface area contributed by atoms with Crippen LogP contribution in [-0.4, -0.2) is 23.4 Å². The Labute approximate surface area is 126 Å². The summed E-state index contributed by atoms with van der Waals surface area (Å²) in [5.41, 5.74) is 5.59. The van der Waals surface area contributed by atoms with Crippen molar-refractivity contribution in [1.82, 2.24) is 10.6 Å². The van der Waals surface area contributed by atoms with Crippen LogP contribution in [0.4, 0.5) is 4.79 Å². The standard InChI is InChI=1S/C16H28N4O/c1-2-3-13(14(17)18)19-15(21)20-16-7-10-4-11(8-16)6-12(5-10)9-16/h10-13H,2-9H2,1H3,(H3,17,18)(H2,19,20,21). The lowest BCUT2D eigenvalue weighted by Crippen LogP contribution is -2.62. The highest BCUT2D eigenvalue weighted by atomic mass is 16.2. The highest BCUT2D eigenvalue weighted by Gasteiger charge is 2.51. The summed E-state index contributed by atoms with van der Waals surface area (Å²) < 4.78 is 0. The molecule has 4 bridgehead atoms. The molecular weight excluding hydrogens is 264 g/mol. The van der Waals surface area contributed by atoms with E-state index in [-0.39, 0.29) is 23.4 Å². The largest absolute Gasteiger partial charge is 0.386 e. The molecule has 2 amide bonds. The number of nitrogens with two attached hydrogens (primary N) is 1. The van der Waals surface area contributed by atoms with Crippen LogP contribution in [0.2, 0.25) is 0 Å². The molecule has 1 unspecified atom stereocenters. The average Bonchev–Trinajstić information content (AvgIpc) is 2.35. The van der Waals surface area contributed by atoms with Gasteiger partial charge in [0, 0.05) is 5.54 Å². The molecule has 118 valence electrons. The van der Waals surface area contributed by atoms with Gasteiger partial charge < -0.3 is 16.4 Å². The number of hydrogen-bond donors (Lipinski definition) is 4. The normalized spacial score (nSPS) is 38.0. The van der Waals surface area contributed by atoms with Crippen molar-refractivity contribution in [2.75, 3.05) is 0 Å². The summed E-state index contributed by atoms with van der Waals surface area (Å²) in [7, 11) is 0. The molecule has 0 aliphatic heterocycles. The minimum atomic E-state index is -0.330. The second-order valence-electron chi connectivity index (χ2n) is 7.59. The quantitative estimate of drug-likeness (QED) is 0.463. The van der Waals surface area contributed by atoms with Gasteiger partial charge in [-0.3, -0.25) is 5.41 Å². The Balaban J connectivity index is 1.61. The van der Waals surface area contributed by atoms with Gasteiger partial charge in [-0.25, -0.2) is 4.79 Å². The van der Waals surface area contributed by atoms with Crippen LogP contribution >= 0.6 is 0 Å². The van der Waals surface area contributed by atoms with E-state index in [1.807, 2.05) is 6.92 Å². The zero-order valence-corrected chi connectivity index (χ0v) is 13.0. The summed E-state index contributed by atoms with van der Waals surface area (Å²) in [5.74, 6) is 2.50. The molecule has 4 fully saturated rings. The minimum Gasteiger partial charge on any atom is -0.386 e. The summed E-state index contributed by atoms with van der Waals surface area (Å²) in [6, 6.07) is -0.463. The van der Waals surface area contributed by atoms with E-state index >= 15 is 0 Å². The third kappa shape index (κ3) is 3.01. The Kier molecular flexibility index (Phi) is 3.84. The zero-order valence-electron chi connectivity index (χ0n) is 13.0. The number of amidine groups is 1. The predicted molar refractivity (Wildman–Crippen MR) is 83.2 cm³/mol. The molecule has 0 aromatic heterocycles. The topological polar surface area (TPSA) is 91.0 Å². The first-order chi connectivity index (χ1) is 9.99. The molecule has 4 aliphatic carbocycles. The van der Waals surface area contributed by atoms with E-state index in [0.717, 1.165) is 49.9 Å². The van der Waals surface area contributed by atoms with Crippen molar-refractivity contribution < 1.29 is 4.79 Å². The summed E-state index contributed by atoms with van der Waals surface area (Å²) in [5, 5.41) is 13.7. The SMILES string of the molecule is CCCC(NC(=O)NC12CC3CC(CC(C3)C1)C2)C(=N)N. The van der Waals surface area contributed by atoms with Gasteiger partial charge in [0.25, 0.3) is 0 Å². The predicted octanol–water partition coefficient (Wildman–Crippen LogP) is 2.36. The summed E-state index contributed by atoms with van der Waals surface area (Å²) in [4.78, 5) is 12.3. The number of rotatable bonds is 5. The van der Waals surface area contributed by atoms with E-state index < -0.39 is 0 Å². The molecule has 0 aromatic carbocycles. The first-order valence-electron chi connectivity index (χ1n) is 8.42.